The van der Waals surface area contributed by atoms with Gasteiger partial charge in [-0.1, -0.05) is 0 Å². The maximum absolute atomic E-state index is 12.6. The fraction of sp³-hybridized carbons (Fsp3) is 0.750. The summed E-state index contributed by atoms with van der Waals surface area (Å²) in [6, 6.07) is 0. The predicted octanol–water partition coefficient (Wildman–Crippen LogP) is -0.549. The van der Waals surface area contributed by atoms with E-state index in [1.807, 2.05) is 7.85 Å². The SMILES string of the molecule is BCN(C)C(=O)C(C)(C)NC(=O)C(C)(C)C(=O)OC(C)(C)C(=O)OC. The third-order valence-electron chi connectivity index (χ3n) is 3.88. The lowest BCUT2D eigenvalue weighted by molar-refractivity contribution is -0.184. The first-order valence-corrected chi connectivity index (χ1v) is 8.03. The number of ether oxygens (including phenoxy) is 2. The number of methoxy groups -OCH3 is 1. The molecule has 0 radical (unpaired) electrons. The maximum Gasteiger partial charge on any atom is 0.349 e. The number of hydrogen-bond donors (Lipinski definition) is 1. The molecule has 25 heavy (non-hydrogen) atoms. The number of carbonyl (C=O) groups excluding carboxylic acids is 4. The number of rotatable bonds is 7. The standard InChI is InChI=1S/C16H29BN2O6/c1-14(2,12(22)25-16(5,6)13(23)24-8)10(20)18-15(3,4)11(21)19(7)9-17/h9,17H2,1-8H3,(H,18,20). The average Bonchev–Trinajstić information content (AvgIpc) is 2.51. The first kappa shape index (κ1) is 22.9. The fourth-order valence-electron chi connectivity index (χ4n) is 1.85. The Labute approximate surface area is 150 Å². The van der Waals surface area contributed by atoms with E-state index in [0.29, 0.717) is 6.44 Å². The highest BCUT2D eigenvalue weighted by Gasteiger charge is 2.45. The van der Waals surface area contributed by atoms with Gasteiger partial charge in [-0.25, -0.2) is 4.79 Å². The van der Waals surface area contributed by atoms with Gasteiger partial charge in [0.05, 0.1) is 7.11 Å². The lowest BCUT2D eigenvalue weighted by Crippen LogP contribution is -2.59. The molecule has 8 nitrogen and oxygen atoms in total. The van der Waals surface area contributed by atoms with E-state index >= 15 is 0 Å². The molecular formula is C16H29BN2O6. The molecule has 0 aliphatic carbocycles. The van der Waals surface area contributed by atoms with Crippen LogP contribution >= 0.6 is 0 Å². The van der Waals surface area contributed by atoms with E-state index in [0.717, 1.165) is 0 Å². The van der Waals surface area contributed by atoms with Gasteiger partial charge in [0.1, 0.15) is 18.8 Å². The maximum atomic E-state index is 12.6. The van der Waals surface area contributed by atoms with Crippen molar-refractivity contribution in [2.75, 3.05) is 20.6 Å². The van der Waals surface area contributed by atoms with Gasteiger partial charge in [0.2, 0.25) is 17.4 Å². The predicted molar refractivity (Wildman–Crippen MR) is 94.4 cm³/mol. The molecule has 0 unspecified atom stereocenters. The van der Waals surface area contributed by atoms with E-state index in [2.05, 4.69) is 10.1 Å². The molecule has 0 aromatic heterocycles. The van der Waals surface area contributed by atoms with E-state index in [1.54, 1.807) is 20.9 Å². The lowest BCUT2D eigenvalue weighted by atomic mass is 9.90. The smallest absolute Gasteiger partial charge is 0.349 e. The second-order valence-corrected chi connectivity index (χ2v) is 7.41. The third kappa shape index (κ3) is 5.47. The molecule has 1 N–H and O–H groups in total. The molecule has 0 aliphatic heterocycles. The molecule has 0 rings (SSSR count). The minimum atomic E-state index is -1.60. The number of nitrogens with one attached hydrogen (secondary N) is 1. The van der Waals surface area contributed by atoms with Gasteiger partial charge in [-0.3, -0.25) is 14.4 Å². The van der Waals surface area contributed by atoms with Crippen molar-refractivity contribution in [3.05, 3.63) is 0 Å². The number of likely N-dealkylation sites (N-methyl/N-ethyl adjacent to an activating group) is 1. The second-order valence-electron chi connectivity index (χ2n) is 7.41. The molecule has 0 heterocycles. The molecule has 9 heteroatoms. The van der Waals surface area contributed by atoms with E-state index in [-0.39, 0.29) is 5.91 Å². The molecular weight excluding hydrogens is 327 g/mol. The number of hydrogen-bond acceptors (Lipinski definition) is 6. The summed E-state index contributed by atoms with van der Waals surface area (Å²) in [6.45, 7) is 8.57. The van der Waals surface area contributed by atoms with Crippen LogP contribution in [-0.4, -0.2) is 68.2 Å². The Morgan fingerprint density at radius 1 is 1.00 bits per heavy atom. The Morgan fingerprint density at radius 3 is 1.88 bits per heavy atom. The summed E-state index contributed by atoms with van der Waals surface area (Å²) < 4.78 is 9.72. The number of esters is 2. The topological polar surface area (TPSA) is 102 Å². The normalized spacial score (nSPS) is 12.2. The molecule has 0 saturated carbocycles. The van der Waals surface area contributed by atoms with Crippen LogP contribution in [0.4, 0.5) is 0 Å². The summed E-state index contributed by atoms with van der Waals surface area (Å²) in [5, 5.41) is 2.57. The highest BCUT2D eigenvalue weighted by Crippen LogP contribution is 2.24. The molecule has 0 fully saturated rings. The quantitative estimate of drug-likeness (QED) is 0.373. The van der Waals surface area contributed by atoms with Crippen LogP contribution in [0, 0.1) is 5.41 Å². The third-order valence-corrected chi connectivity index (χ3v) is 3.88. The largest absolute Gasteiger partial charge is 0.466 e. The van der Waals surface area contributed by atoms with Crippen LogP contribution in [0.15, 0.2) is 0 Å². The lowest BCUT2D eigenvalue weighted by Gasteiger charge is -2.33. The van der Waals surface area contributed by atoms with Gasteiger partial charge < -0.3 is 19.7 Å². The van der Waals surface area contributed by atoms with Gasteiger partial charge in [0.15, 0.2) is 0 Å². The highest BCUT2D eigenvalue weighted by atomic mass is 16.6. The van der Waals surface area contributed by atoms with Crippen molar-refractivity contribution >= 4 is 31.6 Å². The monoisotopic (exact) mass is 356 g/mol. The van der Waals surface area contributed by atoms with Crippen LogP contribution in [0.25, 0.3) is 0 Å². The van der Waals surface area contributed by atoms with Crippen molar-refractivity contribution in [2.24, 2.45) is 5.41 Å². The van der Waals surface area contributed by atoms with Crippen molar-refractivity contribution in [3.8, 4) is 0 Å². The molecule has 0 aromatic carbocycles. The van der Waals surface area contributed by atoms with E-state index < -0.39 is 34.4 Å². The highest BCUT2D eigenvalue weighted by molar-refractivity contribution is 6.10. The zero-order chi connectivity index (χ0) is 20.2. The van der Waals surface area contributed by atoms with Crippen LogP contribution in [0.1, 0.15) is 41.5 Å². The van der Waals surface area contributed by atoms with Crippen molar-refractivity contribution in [1.82, 2.24) is 10.2 Å². The Hall–Kier alpha value is -2.06. The van der Waals surface area contributed by atoms with Gasteiger partial charge >= 0.3 is 11.9 Å². The molecule has 0 atom stereocenters. The van der Waals surface area contributed by atoms with Crippen LogP contribution in [-0.2, 0) is 28.7 Å². The molecule has 0 spiro atoms. The summed E-state index contributed by atoms with van der Waals surface area (Å²) in [4.78, 5) is 50.4. The van der Waals surface area contributed by atoms with E-state index in [9.17, 15) is 19.2 Å². The first-order chi connectivity index (χ1) is 11.1. The van der Waals surface area contributed by atoms with Gasteiger partial charge in [-0.2, -0.15) is 0 Å². The van der Waals surface area contributed by atoms with Gasteiger partial charge in [0.25, 0.3) is 0 Å². The first-order valence-electron chi connectivity index (χ1n) is 8.03. The van der Waals surface area contributed by atoms with Crippen LogP contribution < -0.4 is 5.32 Å². The fourth-order valence-corrected chi connectivity index (χ4v) is 1.85. The second kappa shape index (κ2) is 7.88. The molecule has 0 saturated heterocycles. The molecule has 2 amide bonds. The summed E-state index contributed by atoms with van der Waals surface area (Å²) in [5.74, 6) is -2.60. The van der Waals surface area contributed by atoms with Gasteiger partial charge in [0, 0.05) is 7.05 Å². The van der Waals surface area contributed by atoms with Crippen molar-refractivity contribution in [3.63, 3.8) is 0 Å². The van der Waals surface area contributed by atoms with Crippen LogP contribution in [0.2, 0.25) is 0 Å². The Balaban J connectivity index is 5.26. The number of amides is 2. The molecule has 0 aromatic rings. The van der Waals surface area contributed by atoms with Gasteiger partial charge in [-0.15, -0.1) is 0 Å². The van der Waals surface area contributed by atoms with Gasteiger partial charge in [-0.05, 0) is 48.0 Å². The molecule has 0 aliphatic rings. The minimum absolute atomic E-state index is 0.289. The zero-order valence-electron chi connectivity index (χ0n) is 16.6. The average molecular weight is 356 g/mol. The molecule has 142 valence electrons. The van der Waals surface area contributed by atoms with Crippen molar-refractivity contribution in [2.45, 2.75) is 52.7 Å². The Bertz CT molecular complexity index is 557. The Kier molecular flexibility index (Phi) is 7.24. The van der Waals surface area contributed by atoms with Crippen molar-refractivity contribution < 1.29 is 28.7 Å². The number of nitrogens with zero attached hydrogens (tertiary/aromatic N) is 1. The summed E-state index contributed by atoms with van der Waals surface area (Å²) in [7, 11) is 4.61. The van der Waals surface area contributed by atoms with E-state index in [1.165, 1.54) is 39.7 Å². The van der Waals surface area contributed by atoms with E-state index in [4.69, 9.17) is 4.74 Å². The van der Waals surface area contributed by atoms with Crippen molar-refractivity contribution in [1.29, 1.82) is 0 Å². The summed E-state index contributed by atoms with van der Waals surface area (Å²) in [6.07, 6.45) is 0.483. The van der Waals surface area contributed by atoms with Crippen LogP contribution in [0.3, 0.4) is 0 Å². The molecule has 0 bridgehead atoms. The summed E-state index contributed by atoms with van der Waals surface area (Å²) >= 11 is 0. The van der Waals surface area contributed by atoms with Crippen LogP contribution in [0.5, 0.6) is 0 Å². The minimum Gasteiger partial charge on any atom is -0.466 e. The zero-order valence-corrected chi connectivity index (χ0v) is 16.6. The number of carbonyl (C=O) groups is 4. The summed E-state index contributed by atoms with van der Waals surface area (Å²) in [5.41, 5.74) is -4.33. The Morgan fingerprint density at radius 2 is 1.48 bits per heavy atom.